The third-order valence-electron chi connectivity index (χ3n) is 7.14. The smallest absolute Gasteiger partial charge is 0.241 e. The topological polar surface area (TPSA) is 93.9 Å². The van der Waals surface area contributed by atoms with Crippen LogP contribution in [0.15, 0.2) is 30.3 Å². The van der Waals surface area contributed by atoms with Crippen molar-refractivity contribution in [2.75, 3.05) is 49.6 Å². The number of hydrogen-bond acceptors (Lipinski definition) is 6. The second-order valence-corrected chi connectivity index (χ2v) is 9.20. The summed E-state index contributed by atoms with van der Waals surface area (Å²) in [5.74, 6) is 0.0881. The van der Waals surface area contributed by atoms with Crippen LogP contribution in [-0.4, -0.2) is 66.3 Å². The Hall–Kier alpha value is -2.77. The van der Waals surface area contributed by atoms with E-state index in [4.69, 9.17) is 5.73 Å². The van der Waals surface area contributed by atoms with Gasteiger partial charge in [-0.2, -0.15) is 0 Å². The fourth-order valence-electron chi connectivity index (χ4n) is 4.61. The van der Waals surface area contributed by atoms with Crippen molar-refractivity contribution in [3.8, 4) is 0 Å². The Balaban J connectivity index is 1.48. The van der Waals surface area contributed by atoms with Crippen LogP contribution in [0, 0.1) is 27.7 Å². The van der Waals surface area contributed by atoms with Crippen molar-refractivity contribution in [1.82, 2.24) is 9.80 Å². The van der Waals surface area contributed by atoms with Gasteiger partial charge in [0, 0.05) is 49.8 Å². The molecular weight excluding hydrogens is 414 g/mol. The molecule has 1 saturated heterocycles. The van der Waals surface area contributed by atoms with Crippen molar-refractivity contribution in [3.63, 3.8) is 0 Å². The molecule has 33 heavy (non-hydrogen) atoms. The molecule has 5 N–H and O–H groups in total. The number of hydrogen-bond donors (Lipinski definition) is 4. The van der Waals surface area contributed by atoms with Gasteiger partial charge in [-0.3, -0.25) is 9.69 Å². The minimum atomic E-state index is -0.620. The van der Waals surface area contributed by atoms with Gasteiger partial charge in [0.25, 0.3) is 0 Å². The standard InChI is InChI=1S/C26H39N5O2/c1-17-19(3)26(20(4)18(2)25(17)27)28-15-24(33)30(5)22-11-13-31(14-12-22)16-23(32)29-21-9-7-6-8-10-21/h6-10,22-23,28-29,32H,11-16,27H2,1-5H3. The summed E-state index contributed by atoms with van der Waals surface area (Å²) in [7, 11) is 1.90. The molecule has 2 aromatic carbocycles. The maximum atomic E-state index is 12.9. The van der Waals surface area contributed by atoms with E-state index in [1.54, 1.807) is 0 Å². The van der Waals surface area contributed by atoms with E-state index in [0.29, 0.717) is 6.54 Å². The zero-order valence-electron chi connectivity index (χ0n) is 20.6. The second kappa shape index (κ2) is 10.9. The SMILES string of the molecule is Cc1c(C)c(NCC(=O)N(C)C2CCN(CC(O)Nc3ccccc3)CC2)c(C)c(C)c1N. The quantitative estimate of drug-likeness (QED) is 0.362. The van der Waals surface area contributed by atoms with Crippen molar-refractivity contribution in [2.24, 2.45) is 0 Å². The molecule has 1 heterocycles. The number of nitrogens with two attached hydrogens (primary N) is 1. The van der Waals surface area contributed by atoms with Crippen LogP contribution in [0.1, 0.15) is 35.1 Å². The molecule has 1 aliphatic rings. The Bertz CT molecular complexity index is 926. The highest BCUT2D eigenvalue weighted by Crippen LogP contribution is 2.32. The van der Waals surface area contributed by atoms with Crippen LogP contribution in [0.3, 0.4) is 0 Å². The van der Waals surface area contributed by atoms with Gasteiger partial charge in [0.05, 0.1) is 6.54 Å². The van der Waals surface area contributed by atoms with Crippen LogP contribution < -0.4 is 16.4 Å². The molecule has 1 atom stereocenters. The highest BCUT2D eigenvalue weighted by molar-refractivity contribution is 5.82. The van der Waals surface area contributed by atoms with Gasteiger partial charge in [-0.1, -0.05) is 18.2 Å². The van der Waals surface area contributed by atoms with E-state index < -0.39 is 6.23 Å². The number of benzene rings is 2. The third-order valence-corrected chi connectivity index (χ3v) is 7.14. The number of anilines is 3. The number of piperidine rings is 1. The van der Waals surface area contributed by atoms with E-state index in [1.807, 2.05) is 70.0 Å². The molecule has 1 unspecified atom stereocenters. The summed E-state index contributed by atoms with van der Waals surface area (Å²) >= 11 is 0. The fourth-order valence-corrected chi connectivity index (χ4v) is 4.61. The van der Waals surface area contributed by atoms with Crippen molar-refractivity contribution < 1.29 is 9.90 Å². The number of nitrogens with zero attached hydrogens (tertiary/aromatic N) is 2. The van der Waals surface area contributed by atoms with E-state index in [0.717, 1.165) is 65.2 Å². The fraction of sp³-hybridized carbons (Fsp3) is 0.500. The summed E-state index contributed by atoms with van der Waals surface area (Å²) in [6.07, 6.45) is 1.18. The van der Waals surface area contributed by atoms with Crippen molar-refractivity contribution in [2.45, 2.75) is 52.8 Å². The molecule has 0 bridgehead atoms. The minimum absolute atomic E-state index is 0.0881. The Morgan fingerprint density at radius 2 is 1.67 bits per heavy atom. The van der Waals surface area contributed by atoms with Crippen molar-refractivity contribution >= 4 is 23.0 Å². The van der Waals surface area contributed by atoms with Crippen LogP contribution in [0.5, 0.6) is 0 Å². The number of aliphatic hydroxyl groups excluding tert-OH is 1. The number of rotatable bonds is 8. The van der Waals surface area contributed by atoms with Crippen LogP contribution >= 0.6 is 0 Å². The summed E-state index contributed by atoms with van der Waals surface area (Å²) in [6, 6.07) is 9.95. The first-order valence-corrected chi connectivity index (χ1v) is 11.8. The monoisotopic (exact) mass is 453 g/mol. The maximum Gasteiger partial charge on any atom is 0.241 e. The Kier molecular flexibility index (Phi) is 8.21. The van der Waals surface area contributed by atoms with Gasteiger partial charge in [-0.05, 0) is 74.9 Å². The first-order valence-electron chi connectivity index (χ1n) is 11.8. The number of β-amino-alcohol motifs (C(OH)–C–C–N with tert-alkyl or cyclic N) is 1. The molecule has 0 saturated carbocycles. The normalized spacial score (nSPS) is 15.8. The summed E-state index contributed by atoms with van der Waals surface area (Å²) in [6.45, 7) is 10.7. The first-order chi connectivity index (χ1) is 15.7. The number of carbonyl (C=O) groups excluding carboxylic acids is 1. The van der Waals surface area contributed by atoms with E-state index in [1.165, 1.54) is 0 Å². The molecule has 7 nitrogen and oxygen atoms in total. The molecular formula is C26H39N5O2. The predicted octanol–water partition coefficient (Wildman–Crippen LogP) is 3.27. The Labute approximate surface area is 198 Å². The molecule has 3 rings (SSSR count). The lowest BCUT2D eigenvalue weighted by atomic mass is 9.96. The molecule has 0 spiro atoms. The van der Waals surface area contributed by atoms with Crippen LogP contribution in [0.25, 0.3) is 0 Å². The van der Waals surface area contributed by atoms with Gasteiger partial charge in [0.15, 0.2) is 0 Å². The summed E-state index contributed by atoms with van der Waals surface area (Å²) < 4.78 is 0. The van der Waals surface area contributed by atoms with E-state index in [2.05, 4.69) is 15.5 Å². The number of nitrogens with one attached hydrogen (secondary N) is 2. The van der Waals surface area contributed by atoms with Gasteiger partial charge < -0.3 is 26.4 Å². The van der Waals surface area contributed by atoms with E-state index in [-0.39, 0.29) is 18.5 Å². The predicted molar refractivity (Wildman–Crippen MR) is 137 cm³/mol. The molecule has 1 aliphatic heterocycles. The average molecular weight is 454 g/mol. The lowest BCUT2D eigenvalue weighted by Gasteiger charge is -2.37. The molecule has 1 amide bonds. The van der Waals surface area contributed by atoms with Gasteiger partial charge in [-0.15, -0.1) is 0 Å². The first kappa shape index (κ1) is 24.9. The van der Waals surface area contributed by atoms with Crippen LogP contribution in [0.4, 0.5) is 17.1 Å². The van der Waals surface area contributed by atoms with Gasteiger partial charge in [0.1, 0.15) is 6.23 Å². The molecule has 7 heteroatoms. The number of aliphatic hydroxyl groups is 1. The number of likely N-dealkylation sites (N-methyl/N-ethyl adjacent to an activating group) is 1. The van der Waals surface area contributed by atoms with Crippen LogP contribution in [0.2, 0.25) is 0 Å². The lowest BCUT2D eigenvalue weighted by molar-refractivity contribution is -0.131. The third kappa shape index (κ3) is 5.97. The average Bonchev–Trinajstić information content (AvgIpc) is 2.82. The molecule has 0 aliphatic carbocycles. The van der Waals surface area contributed by atoms with Crippen molar-refractivity contribution in [1.29, 1.82) is 0 Å². The molecule has 2 aromatic rings. The molecule has 0 radical (unpaired) electrons. The summed E-state index contributed by atoms with van der Waals surface area (Å²) in [5, 5.41) is 16.9. The van der Waals surface area contributed by atoms with Gasteiger partial charge in [-0.25, -0.2) is 0 Å². The number of amides is 1. The van der Waals surface area contributed by atoms with Crippen LogP contribution in [-0.2, 0) is 4.79 Å². The van der Waals surface area contributed by atoms with E-state index in [9.17, 15) is 9.90 Å². The Morgan fingerprint density at radius 1 is 1.09 bits per heavy atom. The largest absolute Gasteiger partial charge is 0.398 e. The van der Waals surface area contributed by atoms with Gasteiger partial charge in [0.2, 0.25) is 5.91 Å². The maximum absolute atomic E-state index is 12.9. The molecule has 1 fully saturated rings. The molecule has 180 valence electrons. The number of carbonyl (C=O) groups is 1. The zero-order valence-corrected chi connectivity index (χ0v) is 20.6. The second-order valence-electron chi connectivity index (χ2n) is 9.20. The molecule has 0 aromatic heterocycles. The van der Waals surface area contributed by atoms with Gasteiger partial charge >= 0.3 is 0 Å². The highest BCUT2D eigenvalue weighted by atomic mass is 16.3. The summed E-state index contributed by atoms with van der Waals surface area (Å²) in [4.78, 5) is 17.0. The zero-order chi connectivity index (χ0) is 24.1. The Morgan fingerprint density at radius 3 is 2.24 bits per heavy atom. The number of para-hydroxylation sites is 1. The van der Waals surface area contributed by atoms with Crippen molar-refractivity contribution in [3.05, 3.63) is 52.6 Å². The highest BCUT2D eigenvalue weighted by Gasteiger charge is 2.26. The number of likely N-dealkylation sites (tertiary alicyclic amines) is 1. The lowest BCUT2D eigenvalue weighted by Crippen LogP contribution is -2.49. The minimum Gasteiger partial charge on any atom is -0.398 e. The summed E-state index contributed by atoms with van der Waals surface area (Å²) in [5.41, 5.74) is 13.3. The van der Waals surface area contributed by atoms with E-state index >= 15 is 0 Å². The number of nitrogen functional groups attached to an aromatic ring is 1.